The summed E-state index contributed by atoms with van der Waals surface area (Å²) in [5, 5.41) is 4.92. The normalized spacial score (nSPS) is 17.0. The van der Waals surface area contributed by atoms with Crippen LogP contribution in [0.15, 0.2) is 35.7 Å². The molecular weight excluding hydrogens is 388 g/mol. The molecule has 0 saturated carbocycles. The van der Waals surface area contributed by atoms with E-state index < -0.39 is 17.8 Å². The molecule has 29 heavy (non-hydrogen) atoms. The predicted octanol–water partition coefficient (Wildman–Crippen LogP) is 5.20. The topological polar surface area (TPSA) is 67.9 Å². The van der Waals surface area contributed by atoms with Gasteiger partial charge in [0.25, 0.3) is 5.91 Å². The Morgan fingerprint density at radius 1 is 1.34 bits per heavy atom. The molecule has 1 aliphatic heterocycles. The molecule has 7 heteroatoms. The van der Waals surface area contributed by atoms with Crippen LogP contribution in [0.25, 0.3) is 0 Å². The number of thiophene rings is 1. The van der Waals surface area contributed by atoms with Crippen molar-refractivity contribution < 1.29 is 19.1 Å². The van der Waals surface area contributed by atoms with Crippen molar-refractivity contribution in [2.24, 2.45) is 0 Å². The lowest BCUT2D eigenvalue weighted by atomic mass is 10.0. The average Bonchev–Trinajstić information content (AvgIpc) is 3.15. The van der Waals surface area contributed by atoms with Crippen LogP contribution in [0.4, 0.5) is 10.5 Å². The largest absolute Gasteiger partial charge is 0.478 e. The van der Waals surface area contributed by atoms with Gasteiger partial charge in [-0.15, -0.1) is 11.3 Å². The van der Waals surface area contributed by atoms with Crippen LogP contribution in [-0.4, -0.2) is 35.7 Å². The highest BCUT2D eigenvalue weighted by Crippen LogP contribution is 2.38. The molecule has 2 atom stereocenters. The molecule has 156 valence electrons. The molecule has 6 nitrogen and oxygen atoms in total. The first-order chi connectivity index (χ1) is 13.7. The molecule has 0 saturated heterocycles. The molecule has 2 unspecified atom stereocenters. The zero-order chi connectivity index (χ0) is 21.2. The Kier molecular flexibility index (Phi) is 6.17. The summed E-state index contributed by atoms with van der Waals surface area (Å²) in [6, 6.07) is 9.28. The van der Waals surface area contributed by atoms with Crippen LogP contribution in [0.1, 0.15) is 57.0 Å². The Labute approximate surface area is 175 Å². The van der Waals surface area contributed by atoms with Gasteiger partial charge in [-0.1, -0.05) is 25.5 Å². The summed E-state index contributed by atoms with van der Waals surface area (Å²) in [6.07, 6.45) is 0.673. The fourth-order valence-electron chi connectivity index (χ4n) is 3.26. The third kappa shape index (κ3) is 4.90. The maximum atomic E-state index is 12.7. The molecule has 0 aliphatic carbocycles. The van der Waals surface area contributed by atoms with Crippen LogP contribution in [0.3, 0.4) is 0 Å². The van der Waals surface area contributed by atoms with Gasteiger partial charge in [-0.05, 0) is 56.3 Å². The number of fused-ring (bicyclic) bond motifs is 1. The molecule has 0 bridgehead atoms. The summed E-state index contributed by atoms with van der Waals surface area (Å²) in [5.41, 5.74) is 0.911. The van der Waals surface area contributed by atoms with E-state index in [2.05, 4.69) is 5.32 Å². The molecule has 2 aromatic rings. The van der Waals surface area contributed by atoms with E-state index in [9.17, 15) is 9.59 Å². The van der Waals surface area contributed by atoms with E-state index in [0.717, 1.165) is 16.9 Å². The summed E-state index contributed by atoms with van der Waals surface area (Å²) in [7, 11) is 1.73. The Morgan fingerprint density at radius 3 is 2.72 bits per heavy atom. The Bertz CT molecular complexity index is 873. The smallest absolute Gasteiger partial charge is 0.410 e. The van der Waals surface area contributed by atoms with Crippen molar-refractivity contribution in [3.05, 3.63) is 46.2 Å². The third-order valence-electron chi connectivity index (χ3n) is 4.57. The van der Waals surface area contributed by atoms with Crippen LogP contribution < -0.4 is 10.1 Å². The van der Waals surface area contributed by atoms with Gasteiger partial charge in [0.2, 0.25) is 0 Å². The summed E-state index contributed by atoms with van der Waals surface area (Å²) >= 11 is 1.57. The molecular formula is C22H28N2O4S. The van der Waals surface area contributed by atoms with Gasteiger partial charge < -0.3 is 14.8 Å². The minimum atomic E-state index is -0.586. The molecule has 1 aliphatic rings. The number of ether oxygens (including phenoxy) is 2. The van der Waals surface area contributed by atoms with Crippen LogP contribution in [0, 0.1) is 0 Å². The monoisotopic (exact) mass is 416 g/mol. The quantitative estimate of drug-likeness (QED) is 0.727. The maximum Gasteiger partial charge on any atom is 0.410 e. The number of hydrogen-bond acceptors (Lipinski definition) is 5. The molecule has 0 spiro atoms. The minimum absolute atomic E-state index is 0.135. The zero-order valence-electron chi connectivity index (χ0n) is 17.5. The van der Waals surface area contributed by atoms with Gasteiger partial charge >= 0.3 is 6.09 Å². The molecule has 3 rings (SSSR count). The van der Waals surface area contributed by atoms with Gasteiger partial charge in [-0.2, -0.15) is 0 Å². The average molecular weight is 417 g/mol. The number of anilines is 1. The number of nitrogens with one attached hydrogen (secondary N) is 1. The van der Waals surface area contributed by atoms with E-state index in [-0.39, 0.29) is 11.9 Å². The Morgan fingerprint density at radius 2 is 2.10 bits per heavy atom. The number of carbonyl (C=O) groups is 2. The third-order valence-corrected chi connectivity index (χ3v) is 5.50. The lowest BCUT2D eigenvalue weighted by molar-refractivity contribution is -0.123. The highest BCUT2D eigenvalue weighted by Gasteiger charge is 2.31. The molecule has 1 N–H and O–H groups in total. The van der Waals surface area contributed by atoms with Crippen molar-refractivity contribution in [2.45, 2.75) is 58.3 Å². The molecule has 1 aromatic heterocycles. The highest BCUT2D eigenvalue weighted by molar-refractivity contribution is 7.10. The maximum absolute atomic E-state index is 12.7. The number of carbonyl (C=O) groups excluding carboxylic acids is 2. The Hall–Kier alpha value is -2.54. The van der Waals surface area contributed by atoms with Crippen molar-refractivity contribution >= 4 is 29.0 Å². The van der Waals surface area contributed by atoms with E-state index in [4.69, 9.17) is 9.47 Å². The number of nitrogens with zero attached hydrogens (tertiary/aromatic N) is 1. The molecule has 2 amide bonds. The van der Waals surface area contributed by atoms with Crippen molar-refractivity contribution in [2.75, 3.05) is 12.4 Å². The molecule has 2 heterocycles. The van der Waals surface area contributed by atoms with Gasteiger partial charge in [0.05, 0.1) is 11.7 Å². The number of hydrogen-bond donors (Lipinski definition) is 1. The van der Waals surface area contributed by atoms with Crippen molar-refractivity contribution in [1.29, 1.82) is 0 Å². The van der Waals surface area contributed by atoms with Gasteiger partial charge in [-0.3, -0.25) is 9.69 Å². The zero-order valence-corrected chi connectivity index (χ0v) is 18.3. The Balaban J connectivity index is 1.93. The highest BCUT2D eigenvalue weighted by atomic mass is 32.1. The van der Waals surface area contributed by atoms with E-state index in [1.165, 1.54) is 0 Å². The van der Waals surface area contributed by atoms with Crippen LogP contribution in [0.5, 0.6) is 5.75 Å². The second-order valence-electron chi connectivity index (χ2n) is 8.15. The number of rotatable bonds is 5. The molecule has 0 radical (unpaired) electrons. The fourth-order valence-corrected chi connectivity index (χ4v) is 4.15. The van der Waals surface area contributed by atoms with Crippen LogP contribution in [-0.2, 0) is 9.53 Å². The second-order valence-corrected chi connectivity index (χ2v) is 9.13. The predicted molar refractivity (Wildman–Crippen MR) is 115 cm³/mol. The number of benzene rings is 1. The van der Waals surface area contributed by atoms with E-state index in [0.29, 0.717) is 17.9 Å². The summed E-state index contributed by atoms with van der Waals surface area (Å²) < 4.78 is 11.4. The van der Waals surface area contributed by atoms with Crippen molar-refractivity contribution in [3.63, 3.8) is 0 Å². The van der Waals surface area contributed by atoms with Gasteiger partial charge in [0.1, 0.15) is 11.4 Å². The first-order valence-corrected chi connectivity index (χ1v) is 10.7. The van der Waals surface area contributed by atoms with E-state index in [1.807, 2.05) is 63.4 Å². The lowest BCUT2D eigenvalue weighted by Gasteiger charge is -2.32. The summed E-state index contributed by atoms with van der Waals surface area (Å²) in [6.45, 7) is 7.56. The summed E-state index contributed by atoms with van der Waals surface area (Å²) in [4.78, 5) is 27.7. The SMILES string of the molecule is CCCC1Oc2ccc(C(c3cccs3)N(C)C(=O)OC(C)(C)C)cc2NC1=O. The fraction of sp³-hybridized carbons (Fsp3) is 0.455. The van der Waals surface area contributed by atoms with Gasteiger partial charge in [0.15, 0.2) is 6.10 Å². The first kappa shape index (κ1) is 21.2. The van der Waals surface area contributed by atoms with Crippen molar-refractivity contribution in [3.8, 4) is 5.75 Å². The molecule has 0 fully saturated rings. The lowest BCUT2D eigenvalue weighted by Crippen LogP contribution is -2.38. The van der Waals surface area contributed by atoms with Gasteiger partial charge in [-0.25, -0.2) is 4.79 Å². The molecule has 1 aromatic carbocycles. The number of amides is 2. The second kappa shape index (κ2) is 8.45. The van der Waals surface area contributed by atoms with Crippen LogP contribution in [0.2, 0.25) is 0 Å². The minimum Gasteiger partial charge on any atom is -0.478 e. The van der Waals surface area contributed by atoms with Crippen molar-refractivity contribution in [1.82, 2.24) is 4.90 Å². The first-order valence-electron chi connectivity index (χ1n) is 9.80. The van der Waals surface area contributed by atoms with E-state index in [1.54, 1.807) is 23.3 Å². The summed E-state index contributed by atoms with van der Waals surface area (Å²) in [5.74, 6) is 0.515. The van der Waals surface area contributed by atoms with E-state index >= 15 is 0 Å². The van der Waals surface area contributed by atoms with Crippen LogP contribution >= 0.6 is 11.3 Å². The standard InChI is InChI=1S/C22H28N2O4S/c1-6-8-17-20(25)23-15-13-14(10-11-16(15)27-17)19(18-9-7-12-29-18)24(5)21(26)28-22(2,3)4/h7,9-13,17,19H,6,8H2,1-5H3,(H,23,25). The van der Waals surface area contributed by atoms with Gasteiger partial charge in [0, 0.05) is 11.9 Å².